The van der Waals surface area contributed by atoms with Gasteiger partial charge in [0.25, 0.3) is 0 Å². The molecule has 1 aliphatic rings. The number of para-hydroxylation sites is 1. The lowest BCUT2D eigenvalue weighted by Gasteiger charge is -2.38. The summed E-state index contributed by atoms with van der Waals surface area (Å²) in [6, 6.07) is 9.47. The van der Waals surface area contributed by atoms with Gasteiger partial charge in [0.1, 0.15) is 12.2 Å². The number of nitrogens with one attached hydrogen (secondary N) is 1. The average molecular weight is 324 g/mol. The van der Waals surface area contributed by atoms with E-state index >= 15 is 0 Å². The van der Waals surface area contributed by atoms with Crippen LogP contribution in [0.1, 0.15) is 11.7 Å². The Labute approximate surface area is 137 Å². The van der Waals surface area contributed by atoms with E-state index in [4.69, 9.17) is 0 Å². The minimum absolute atomic E-state index is 0.0986. The van der Waals surface area contributed by atoms with Crippen LogP contribution in [0.5, 0.6) is 0 Å². The smallest absolute Gasteiger partial charge is 0.320 e. The van der Waals surface area contributed by atoms with E-state index in [0.29, 0.717) is 19.6 Å². The van der Waals surface area contributed by atoms with Crippen LogP contribution in [0.2, 0.25) is 0 Å². The number of likely N-dealkylation sites (tertiary alicyclic amines) is 1. The third-order valence-electron chi connectivity index (χ3n) is 3.88. The zero-order valence-corrected chi connectivity index (χ0v) is 12.9. The Balaban J connectivity index is 1.31. The van der Waals surface area contributed by atoms with Crippen molar-refractivity contribution in [3.8, 4) is 0 Å². The molecule has 0 atom stereocenters. The van der Waals surface area contributed by atoms with Crippen LogP contribution in [0.15, 0.2) is 48.9 Å². The van der Waals surface area contributed by atoms with Gasteiger partial charge in [-0.15, -0.1) is 5.10 Å². The molecule has 1 aromatic carbocycles. The summed E-state index contributed by atoms with van der Waals surface area (Å²) in [4.78, 5) is 15.4. The number of benzene rings is 1. The highest BCUT2D eigenvalue weighted by atomic mass is 16.2. The lowest BCUT2D eigenvalue weighted by Crippen LogP contribution is -2.52. The van der Waals surface area contributed by atoms with Crippen molar-refractivity contribution >= 4 is 11.7 Å². The molecule has 1 aliphatic heterocycles. The molecule has 2 amide bonds. The normalized spacial score (nSPS) is 14.4. The molecule has 4 rings (SSSR count). The summed E-state index contributed by atoms with van der Waals surface area (Å²) in [6.45, 7) is 1.71. The minimum atomic E-state index is -0.0986. The zero-order chi connectivity index (χ0) is 16.4. The van der Waals surface area contributed by atoms with Crippen molar-refractivity contribution in [2.75, 3.05) is 18.4 Å². The first-order valence-corrected chi connectivity index (χ1v) is 7.64. The molecule has 3 heterocycles. The highest BCUT2D eigenvalue weighted by Crippen LogP contribution is 2.21. The fraction of sp³-hybridized carbons (Fsp3) is 0.267. The van der Waals surface area contributed by atoms with Gasteiger partial charge in [0.15, 0.2) is 0 Å². The van der Waals surface area contributed by atoms with Crippen LogP contribution in [-0.2, 0) is 6.54 Å². The van der Waals surface area contributed by atoms with E-state index in [1.54, 1.807) is 26.8 Å². The molecule has 1 N–H and O–H groups in total. The molecule has 3 aromatic rings. The summed E-state index contributed by atoms with van der Waals surface area (Å²) in [7, 11) is 0. The van der Waals surface area contributed by atoms with Crippen LogP contribution < -0.4 is 5.32 Å². The molecule has 122 valence electrons. The molecular formula is C15H16N8O. The third kappa shape index (κ3) is 2.96. The van der Waals surface area contributed by atoms with Crippen LogP contribution in [0, 0.1) is 0 Å². The maximum absolute atomic E-state index is 12.1. The lowest BCUT2D eigenvalue weighted by atomic mass is 10.1. The Morgan fingerprint density at radius 2 is 1.92 bits per heavy atom. The van der Waals surface area contributed by atoms with Crippen molar-refractivity contribution in [3.05, 3.63) is 54.6 Å². The van der Waals surface area contributed by atoms with Gasteiger partial charge in [-0.3, -0.25) is 0 Å². The van der Waals surface area contributed by atoms with Gasteiger partial charge >= 0.3 is 6.03 Å². The van der Waals surface area contributed by atoms with Crippen molar-refractivity contribution in [1.82, 2.24) is 34.9 Å². The number of urea groups is 1. The zero-order valence-electron chi connectivity index (χ0n) is 12.9. The predicted molar refractivity (Wildman–Crippen MR) is 85.2 cm³/mol. The predicted octanol–water partition coefficient (Wildman–Crippen LogP) is 1.01. The number of carbonyl (C=O) groups is 1. The second-order valence-electron chi connectivity index (χ2n) is 5.60. The van der Waals surface area contributed by atoms with Gasteiger partial charge in [-0.25, -0.2) is 9.48 Å². The first-order chi connectivity index (χ1) is 11.8. The Morgan fingerprint density at radius 3 is 2.67 bits per heavy atom. The number of rotatable bonds is 4. The summed E-state index contributed by atoms with van der Waals surface area (Å²) in [5, 5.41) is 19.2. The second kappa shape index (κ2) is 6.11. The summed E-state index contributed by atoms with van der Waals surface area (Å²) in [5.41, 5.74) is 1.58. The average Bonchev–Trinajstić information content (AvgIpc) is 3.20. The molecule has 1 saturated heterocycles. The van der Waals surface area contributed by atoms with Crippen LogP contribution in [0.3, 0.4) is 0 Å². The molecule has 0 aliphatic carbocycles. The van der Waals surface area contributed by atoms with E-state index in [9.17, 15) is 4.79 Å². The highest BCUT2D eigenvalue weighted by molar-refractivity contribution is 5.89. The van der Waals surface area contributed by atoms with Crippen molar-refractivity contribution in [2.24, 2.45) is 0 Å². The number of carbonyl (C=O) groups excluding carboxylic acids is 1. The van der Waals surface area contributed by atoms with Crippen molar-refractivity contribution < 1.29 is 4.79 Å². The monoisotopic (exact) mass is 324 g/mol. The number of aromatic nitrogens is 6. The number of hydrogen-bond donors (Lipinski definition) is 1. The van der Waals surface area contributed by atoms with Crippen LogP contribution >= 0.6 is 0 Å². The van der Waals surface area contributed by atoms with E-state index < -0.39 is 0 Å². The largest absolute Gasteiger partial charge is 0.321 e. The Bertz CT molecular complexity index is 807. The summed E-state index contributed by atoms with van der Waals surface area (Å²) in [5.74, 6) is 0. The van der Waals surface area contributed by atoms with Crippen LogP contribution in [0.4, 0.5) is 10.5 Å². The lowest BCUT2D eigenvalue weighted by molar-refractivity contribution is 0.127. The van der Waals surface area contributed by atoms with E-state index in [1.165, 1.54) is 0 Å². The molecule has 24 heavy (non-hydrogen) atoms. The first-order valence-electron chi connectivity index (χ1n) is 7.64. The molecular weight excluding hydrogens is 308 g/mol. The topological polar surface area (TPSA) is 93.8 Å². The van der Waals surface area contributed by atoms with Gasteiger partial charge in [-0.2, -0.15) is 15.0 Å². The molecule has 0 radical (unpaired) electrons. The Kier molecular flexibility index (Phi) is 3.66. The Hall–Kier alpha value is -3.23. The molecule has 1 fully saturated rings. The van der Waals surface area contributed by atoms with Crippen molar-refractivity contribution in [2.45, 2.75) is 12.6 Å². The number of nitrogens with zero attached hydrogens (tertiary/aromatic N) is 7. The molecule has 0 spiro atoms. The minimum Gasteiger partial charge on any atom is -0.320 e. The molecule has 2 aromatic heterocycles. The van der Waals surface area contributed by atoms with E-state index in [2.05, 4.69) is 25.8 Å². The quantitative estimate of drug-likeness (QED) is 0.773. The van der Waals surface area contributed by atoms with Crippen LogP contribution in [-0.4, -0.2) is 54.0 Å². The Morgan fingerprint density at radius 1 is 1.17 bits per heavy atom. The number of amides is 2. The van der Waals surface area contributed by atoms with Gasteiger partial charge in [-0.1, -0.05) is 23.4 Å². The van der Waals surface area contributed by atoms with E-state index in [0.717, 1.165) is 11.4 Å². The van der Waals surface area contributed by atoms with E-state index in [-0.39, 0.29) is 12.1 Å². The molecule has 0 unspecified atom stereocenters. The molecule has 0 saturated carbocycles. The van der Waals surface area contributed by atoms with Gasteiger partial charge < -0.3 is 10.2 Å². The fourth-order valence-electron chi connectivity index (χ4n) is 2.55. The number of anilines is 1. The van der Waals surface area contributed by atoms with E-state index in [1.807, 2.05) is 36.5 Å². The SMILES string of the molecule is O=C(Nc1ccccc1)N1CC(n2cc(Cn3nccn3)nn2)C1. The number of hydrogen-bond acceptors (Lipinski definition) is 5. The maximum atomic E-state index is 12.1. The van der Waals surface area contributed by atoms with Gasteiger partial charge in [0, 0.05) is 18.8 Å². The summed E-state index contributed by atoms with van der Waals surface area (Å²) in [6.07, 6.45) is 5.12. The maximum Gasteiger partial charge on any atom is 0.321 e. The van der Waals surface area contributed by atoms with Crippen molar-refractivity contribution in [3.63, 3.8) is 0 Å². The molecule has 9 heteroatoms. The standard InChI is InChI=1S/C15H16N8O/c24-15(18-12-4-2-1-3-5-12)21-10-14(11-21)22-8-13(19-20-22)9-23-16-6-7-17-23/h1-8,14H,9-11H2,(H,18,24). The third-order valence-corrected chi connectivity index (χ3v) is 3.88. The second-order valence-corrected chi connectivity index (χ2v) is 5.60. The summed E-state index contributed by atoms with van der Waals surface area (Å²) < 4.78 is 1.80. The van der Waals surface area contributed by atoms with Gasteiger partial charge in [-0.05, 0) is 12.1 Å². The first kappa shape index (κ1) is 14.4. The van der Waals surface area contributed by atoms with Gasteiger partial charge in [0.05, 0.1) is 24.6 Å². The molecule has 0 bridgehead atoms. The summed E-state index contributed by atoms with van der Waals surface area (Å²) >= 11 is 0. The highest BCUT2D eigenvalue weighted by Gasteiger charge is 2.32. The van der Waals surface area contributed by atoms with Gasteiger partial charge in [0.2, 0.25) is 0 Å². The fourth-order valence-corrected chi connectivity index (χ4v) is 2.55. The van der Waals surface area contributed by atoms with Crippen LogP contribution in [0.25, 0.3) is 0 Å². The molecule has 9 nitrogen and oxygen atoms in total. The van der Waals surface area contributed by atoms with Crippen molar-refractivity contribution in [1.29, 1.82) is 0 Å².